The summed E-state index contributed by atoms with van der Waals surface area (Å²) in [5.74, 6) is 1.92. The van der Waals surface area contributed by atoms with E-state index >= 15 is 0 Å². The summed E-state index contributed by atoms with van der Waals surface area (Å²) in [5, 5.41) is 4.84. The summed E-state index contributed by atoms with van der Waals surface area (Å²) < 4.78 is 5.45. The zero-order valence-electron chi connectivity index (χ0n) is 10.4. The Morgan fingerprint density at radius 3 is 2.88 bits per heavy atom. The van der Waals surface area contributed by atoms with Crippen LogP contribution in [0, 0.1) is 0 Å². The standard InChI is InChI=1S/C13H18ClNOS/c1-8-6-11(15-2)13-9(7-17-8)12(16-3)5-4-10(13)14/h4-5,8,11,15H,6-7H2,1-3H3. The van der Waals surface area contributed by atoms with Gasteiger partial charge in [-0.25, -0.2) is 0 Å². The lowest BCUT2D eigenvalue weighted by Gasteiger charge is -2.20. The zero-order valence-corrected chi connectivity index (χ0v) is 12.0. The summed E-state index contributed by atoms with van der Waals surface area (Å²) in [6.45, 7) is 2.27. The molecule has 4 heteroatoms. The summed E-state index contributed by atoms with van der Waals surface area (Å²) in [6, 6.07) is 4.21. The summed E-state index contributed by atoms with van der Waals surface area (Å²) in [4.78, 5) is 0. The van der Waals surface area contributed by atoms with Crippen molar-refractivity contribution < 1.29 is 4.74 Å². The molecular weight excluding hydrogens is 254 g/mol. The Balaban J connectivity index is 2.53. The van der Waals surface area contributed by atoms with Gasteiger partial charge in [-0.1, -0.05) is 18.5 Å². The Bertz CT molecular complexity index is 411. The van der Waals surface area contributed by atoms with E-state index in [-0.39, 0.29) is 0 Å². The Labute approximate surface area is 112 Å². The highest BCUT2D eigenvalue weighted by atomic mass is 35.5. The minimum absolute atomic E-state index is 0.317. The first kappa shape index (κ1) is 13.1. The van der Waals surface area contributed by atoms with E-state index in [4.69, 9.17) is 16.3 Å². The van der Waals surface area contributed by atoms with E-state index in [1.54, 1.807) is 7.11 Å². The van der Waals surface area contributed by atoms with Gasteiger partial charge < -0.3 is 10.1 Å². The van der Waals surface area contributed by atoms with Crippen LogP contribution >= 0.6 is 23.4 Å². The highest BCUT2D eigenvalue weighted by molar-refractivity contribution is 7.99. The number of thioether (sulfide) groups is 1. The van der Waals surface area contributed by atoms with Gasteiger partial charge in [-0.15, -0.1) is 0 Å². The number of methoxy groups -OCH3 is 1. The molecule has 0 aromatic heterocycles. The topological polar surface area (TPSA) is 21.3 Å². The number of hydrogen-bond donors (Lipinski definition) is 1. The monoisotopic (exact) mass is 271 g/mol. The molecule has 1 N–H and O–H groups in total. The van der Waals surface area contributed by atoms with Crippen molar-refractivity contribution in [1.29, 1.82) is 0 Å². The van der Waals surface area contributed by atoms with Gasteiger partial charge in [0.2, 0.25) is 0 Å². The van der Waals surface area contributed by atoms with Gasteiger partial charge in [0.1, 0.15) is 5.75 Å². The maximum absolute atomic E-state index is 6.36. The molecule has 1 aliphatic rings. The van der Waals surface area contributed by atoms with Crippen molar-refractivity contribution in [3.8, 4) is 5.75 Å². The molecule has 0 fully saturated rings. The number of fused-ring (bicyclic) bond motifs is 1. The van der Waals surface area contributed by atoms with Crippen LogP contribution in [0.25, 0.3) is 0 Å². The molecule has 0 saturated heterocycles. The number of rotatable bonds is 2. The summed E-state index contributed by atoms with van der Waals surface area (Å²) >= 11 is 8.32. The van der Waals surface area contributed by atoms with Crippen molar-refractivity contribution in [2.24, 2.45) is 0 Å². The fourth-order valence-corrected chi connectivity index (χ4v) is 3.72. The predicted molar refractivity (Wildman–Crippen MR) is 75.2 cm³/mol. The number of nitrogens with one attached hydrogen (secondary N) is 1. The lowest BCUT2D eigenvalue weighted by Crippen LogP contribution is -2.19. The molecule has 2 nitrogen and oxygen atoms in total. The molecule has 1 aromatic rings. The van der Waals surface area contributed by atoms with Crippen LogP contribution < -0.4 is 10.1 Å². The van der Waals surface area contributed by atoms with E-state index in [0.29, 0.717) is 11.3 Å². The highest BCUT2D eigenvalue weighted by Gasteiger charge is 2.26. The lowest BCUT2D eigenvalue weighted by molar-refractivity contribution is 0.409. The molecule has 0 spiro atoms. The second-order valence-electron chi connectivity index (χ2n) is 4.34. The molecule has 1 aliphatic heterocycles. The largest absolute Gasteiger partial charge is 0.496 e. The molecule has 0 amide bonds. The first-order valence-corrected chi connectivity index (χ1v) is 7.24. The van der Waals surface area contributed by atoms with Gasteiger partial charge in [-0.2, -0.15) is 11.8 Å². The molecular formula is C13H18ClNOS. The van der Waals surface area contributed by atoms with Gasteiger partial charge in [0.15, 0.2) is 0 Å². The fourth-order valence-electron chi connectivity index (χ4n) is 2.34. The maximum Gasteiger partial charge on any atom is 0.123 e. The summed E-state index contributed by atoms with van der Waals surface area (Å²) in [7, 11) is 3.71. The molecule has 0 bridgehead atoms. The highest BCUT2D eigenvalue weighted by Crippen LogP contribution is 2.42. The molecule has 17 heavy (non-hydrogen) atoms. The van der Waals surface area contributed by atoms with Gasteiger partial charge in [0.25, 0.3) is 0 Å². The van der Waals surface area contributed by atoms with Crippen LogP contribution in [0.1, 0.15) is 30.5 Å². The molecule has 0 saturated carbocycles. The van der Waals surface area contributed by atoms with Gasteiger partial charge >= 0.3 is 0 Å². The number of halogens is 1. The van der Waals surface area contributed by atoms with E-state index in [9.17, 15) is 0 Å². The summed E-state index contributed by atoms with van der Waals surface area (Å²) in [5.41, 5.74) is 2.46. The maximum atomic E-state index is 6.36. The van der Waals surface area contributed by atoms with Gasteiger partial charge in [-0.05, 0) is 31.2 Å². The normalized spacial score (nSPS) is 24.0. The Hall–Kier alpha value is -0.380. The van der Waals surface area contributed by atoms with Gasteiger partial charge in [0, 0.05) is 27.6 Å². The van der Waals surface area contributed by atoms with E-state index in [1.807, 2.05) is 30.9 Å². The minimum atomic E-state index is 0.317. The Kier molecular flexibility index (Phi) is 4.23. The van der Waals surface area contributed by atoms with E-state index < -0.39 is 0 Å². The first-order valence-electron chi connectivity index (χ1n) is 5.81. The quantitative estimate of drug-likeness (QED) is 0.887. The lowest BCUT2D eigenvalue weighted by atomic mass is 9.97. The molecule has 0 radical (unpaired) electrons. The average Bonchev–Trinajstić information content (AvgIpc) is 2.50. The van der Waals surface area contributed by atoms with Crippen molar-refractivity contribution in [2.45, 2.75) is 30.4 Å². The molecule has 1 aromatic carbocycles. The molecule has 94 valence electrons. The molecule has 2 unspecified atom stereocenters. The van der Waals surface area contributed by atoms with Crippen LogP contribution in [-0.2, 0) is 5.75 Å². The number of hydrogen-bond acceptors (Lipinski definition) is 3. The van der Waals surface area contributed by atoms with Gasteiger partial charge in [0.05, 0.1) is 7.11 Å². The molecule has 2 rings (SSSR count). The third kappa shape index (κ3) is 2.56. The van der Waals surface area contributed by atoms with E-state index in [1.165, 1.54) is 11.1 Å². The van der Waals surface area contributed by atoms with Crippen molar-refractivity contribution >= 4 is 23.4 Å². The van der Waals surface area contributed by atoms with Crippen molar-refractivity contribution in [1.82, 2.24) is 5.32 Å². The van der Waals surface area contributed by atoms with Gasteiger partial charge in [-0.3, -0.25) is 0 Å². The first-order chi connectivity index (χ1) is 8.17. The predicted octanol–water partition coefficient (Wildman–Crippen LogP) is 3.63. The van der Waals surface area contributed by atoms with Crippen LogP contribution in [0.15, 0.2) is 12.1 Å². The number of ether oxygens (including phenoxy) is 1. The molecule has 2 atom stereocenters. The van der Waals surface area contributed by atoms with Crippen molar-refractivity contribution in [3.63, 3.8) is 0 Å². The van der Waals surface area contributed by atoms with Crippen LogP contribution in [0.4, 0.5) is 0 Å². The van der Waals surface area contributed by atoms with Crippen LogP contribution in [0.5, 0.6) is 5.75 Å². The summed E-state index contributed by atoms with van der Waals surface area (Å²) in [6.07, 6.45) is 1.10. The van der Waals surface area contributed by atoms with Crippen molar-refractivity contribution in [2.75, 3.05) is 14.2 Å². The third-order valence-electron chi connectivity index (χ3n) is 3.26. The van der Waals surface area contributed by atoms with E-state index in [2.05, 4.69) is 12.2 Å². The molecule has 0 aliphatic carbocycles. The SMILES string of the molecule is CNC1CC(C)SCc2c(OC)ccc(Cl)c21. The second-order valence-corrected chi connectivity index (χ2v) is 6.17. The fraction of sp³-hybridized carbons (Fsp3) is 0.538. The zero-order chi connectivity index (χ0) is 12.4. The van der Waals surface area contributed by atoms with Crippen LogP contribution in [0.3, 0.4) is 0 Å². The minimum Gasteiger partial charge on any atom is -0.496 e. The smallest absolute Gasteiger partial charge is 0.123 e. The Morgan fingerprint density at radius 1 is 1.47 bits per heavy atom. The third-order valence-corrected chi connectivity index (χ3v) is 4.80. The second kappa shape index (κ2) is 5.51. The van der Waals surface area contributed by atoms with Crippen molar-refractivity contribution in [3.05, 3.63) is 28.3 Å². The number of benzene rings is 1. The average molecular weight is 272 g/mol. The Morgan fingerprint density at radius 2 is 2.24 bits per heavy atom. The van der Waals surface area contributed by atoms with Crippen LogP contribution in [0.2, 0.25) is 5.02 Å². The molecule has 1 heterocycles. The van der Waals surface area contributed by atoms with E-state index in [0.717, 1.165) is 22.9 Å². The van der Waals surface area contributed by atoms with Crippen LogP contribution in [-0.4, -0.2) is 19.4 Å².